The van der Waals surface area contributed by atoms with Gasteiger partial charge in [-0.05, 0) is 12.1 Å². The Morgan fingerprint density at radius 1 is 1.08 bits per heavy atom. The van der Waals surface area contributed by atoms with Crippen LogP contribution in [0.25, 0.3) is 11.4 Å². The number of aromatic amines is 1. The number of rotatable bonds is 8. The second-order valence-corrected chi connectivity index (χ2v) is 6.19. The second kappa shape index (κ2) is 8.89. The molecule has 0 aliphatic carbocycles. The topological polar surface area (TPSA) is 79.9 Å². The lowest BCUT2D eigenvalue weighted by molar-refractivity contribution is -0.122. The summed E-state index contributed by atoms with van der Waals surface area (Å²) in [5.74, 6) is 1.96. The van der Waals surface area contributed by atoms with Crippen LogP contribution in [0.1, 0.15) is 0 Å². The molecule has 0 saturated heterocycles. The molecule has 1 heterocycles. The highest BCUT2D eigenvalue weighted by atomic mass is 32.2. The van der Waals surface area contributed by atoms with Crippen LogP contribution in [-0.4, -0.2) is 40.0 Å². The quantitative estimate of drug-likeness (QED) is 0.480. The van der Waals surface area contributed by atoms with Crippen LogP contribution in [-0.2, 0) is 4.79 Å². The summed E-state index contributed by atoms with van der Waals surface area (Å²) >= 11 is 1.48. The normalized spacial score (nSPS) is 10.4. The lowest BCUT2D eigenvalue weighted by Gasteiger charge is -2.06. The number of carbonyl (C=O) groups is 1. The smallest absolute Gasteiger partial charge is 0.257 e. The number of H-pyrrole nitrogens is 1. The second-order valence-electron chi connectivity index (χ2n) is 5.13. The Hall–Kier alpha value is -2.80. The number of nitrogens with zero attached hydrogens (tertiary/aromatic N) is 2. The van der Waals surface area contributed by atoms with E-state index in [4.69, 9.17) is 4.74 Å². The minimum absolute atomic E-state index is 0.00743. The molecule has 1 amide bonds. The number of hydrogen-bond donors (Lipinski definition) is 2. The lowest BCUT2D eigenvalue weighted by Crippen LogP contribution is -2.30. The summed E-state index contributed by atoms with van der Waals surface area (Å²) in [5, 5.41) is 10.6. The monoisotopic (exact) mass is 354 g/mol. The van der Waals surface area contributed by atoms with Crippen LogP contribution in [0.4, 0.5) is 0 Å². The molecule has 128 valence electrons. The summed E-state index contributed by atoms with van der Waals surface area (Å²) in [6.07, 6.45) is 0. The van der Waals surface area contributed by atoms with Gasteiger partial charge in [0.1, 0.15) is 5.75 Å². The summed E-state index contributed by atoms with van der Waals surface area (Å²) in [5.41, 5.74) is 0.994. The van der Waals surface area contributed by atoms with E-state index in [2.05, 4.69) is 20.5 Å². The van der Waals surface area contributed by atoms with Gasteiger partial charge in [-0.1, -0.05) is 60.3 Å². The van der Waals surface area contributed by atoms with Crippen molar-refractivity contribution in [2.24, 2.45) is 0 Å². The number of carbonyl (C=O) groups excluding carboxylic acids is 1. The van der Waals surface area contributed by atoms with Crippen LogP contribution in [0.5, 0.6) is 5.75 Å². The van der Waals surface area contributed by atoms with Crippen molar-refractivity contribution < 1.29 is 9.53 Å². The highest BCUT2D eigenvalue weighted by molar-refractivity contribution is 7.99. The molecule has 1 aromatic heterocycles. The van der Waals surface area contributed by atoms with Gasteiger partial charge < -0.3 is 10.1 Å². The number of aromatic nitrogens is 3. The number of para-hydroxylation sites is 1. The SMILES string of the molecule is O=C(COc1ccccc1)NCCSc1n[nH]c(-c2ccccc2)n1. The zero-order chi connectivity index (χ0) is 17.3. The molecule has 2 N–H and O–H groups in total. The molecule has 0 fully saturated rings. The number of hydrogen-bond acceptors (Lipinski definition) is 5. The Bertz CT molecular complexity index is 793. The third-order valence-corrected chi connectivity index (χ3v) is 4.13. The molecule has 25 heavy (non-hydrogen) atoms. The number of amides is 1. The molecule has 0 aliphatic heterocycles. The Kier molecular flexibility index (Phi) is 6.06. The average molecular weight is 354 g/mol. The third kappa shape index (κ3) is 5.36. The zero-order valence-electron chi connectivity index (χ0n) is 13.5. The van der Waals surface area contributed by atoms with Gasteiger partial charge in [-0.15, -0.1) is 5.10 Å². The maximum atomic E-state index is 11.7. The molecule has 0 aliphatic rings. The Morgan fingerprint density at radius 3 is 2.56 bits per heavy atom. The van der Waals surface area contributed by atoms with Crippen molar-refractivity contribution in [1.29, 1.82) is 0 Å². The summed E-state index contributed by atoms with van der Waals surface area (Å²) in [4.78, 5) is 16.2. The first-order valence-corrected chi connectivity index (χ1v) is 8.85. The fraction of sp³-hybridized carbons (Fsp3) is 0.167. The van der Waals surface area contributed by atoms with Crippen LogP contribution >= 0.6 is 11.8 Å². The van der Waals surface area contributed by atoms with E-state index in [1.807, 2.05) is 60.7 Å². The minimum Gasteiger partial charge on any atom is -0.484 e. The number of ether oxygens (including phenoxy) is 1. The van der Waals surface area contributed by atoms with Gasteiger partial charge in [0.2, 0.25) is 5.16 Å². The lowest BCUT2D eigenvalue weighted by atomic mass is 10.2. The molecule has 7 heteroatoms. The molecule has 0 unspecified atom stereocenters. The van der Waals surface area contributed by atoms with Crippen LogP contribution < -0.4 is 10.1 Å². The van der Waals surface area contributed by atoms with Gasteiger partial charge in [0, 0.05) is 17.9 Å². The van der Waals surface area contributed by atoms with Gasteiger partial charge >= 0.3 is 0 Å². The molecule has 0 spiro atoms. The van der Waals surface area contributed by atoms with Crippen LogP contribution in [0, 0.1) is 0 Å². The number of benzene rings is 2. The Labute approximate surface area is 150 Å². The third-order valence-electron chi connectivity index (χ3n) is 3.28. The van der Waals surface area contributed by atoms with Gasteiger partial charge in [-0.3, -0.25) is 9.89 Å². The van der Waals surface area contributed by atoms with Crippen LogP contribution in [0.2, 0.25) is 0 Å². The van der Waals surface area contributed by atoms with Crippen molar-refractivity contribution >= 4 is 17.7 Å². The Balaban J connectivity index is 1.36. The van der Waals surface area contributed by atoms with E-state index in [0.717, 1.165) is 11.4 Å². The fourth-order valence-electron chi connectivity index (χ4n) is 2.09. The van der Waals surface area contributed by atoms with Gasteiger partial charge in [0.15, 0.2) is 12.4 Å². The molecule has 2 aromatic carbocycles. The van der Waals surface area contributed by atoms with E-state index in [-0.39, 0.29) is 12.5 Å². The largest absolute Gasteiger partial charge is 0.484 e. The van der Waals surface area contributed by atoms with E-state index in [0.29, 0.717) is 23.2 Å². The zero-order valence-corrected chi connectivity index (χ0v) is 14.3. The summed E-state index contributed by atoms with van der Waals surface area (Å²) in [7, 11) is 0. The Morgan fingerprint density at radius 2 is 1.80 bits per heavy atom. The van der Waals surface area contributed by atoms with Gasteiger partial charge in [-0.2, -0.15) is 0 Å². The number of nitrogens with one attached hydrogen (secondary N) is 2. The maximum absolute atomic E-state index is 11.7. The highest BCUT2D eigenvalue weighted by Gasteiger charge is 2.06. The standard InChI is InChI=1S/C18H18N4O2S/c23-16(13-24-15-9-5-2-6-10-15)19-11-12-25-18-20-17(21-22-18)14-7-3-1-4-8-14/h1-10H,11-13H2,(H,19,23)(H,20,21,22). The predicted molar refractivity (Wildman–Crippen MR) is 97.5 cm³/mol. The van der Waals surface area contributed by atoms with E-state index >= 15 is 0 Å². The molecule has 3 rings (SSSR count). The van der Waals surface area contributed by atoms with Gasteiger partial charge in [0.25, 0.3) is 5.91 Å². The van der Waals surface area contributed by atoms with Crippen LogP contribution in [0.3, 0.4) is 0 Å². The van der Waals surface area contributed by atoms with Gasteiger partial charge in [-0.25, -0.2) is 4.98 Å². The molecule has 0 radical (unpaired) electrons. The summed E-state index contributed by atoms with van der Waals surface area (Å²) < 4.78 is 5.39. The van der Waals surface area contributed by atoms with Crippen molar-refractivity contribution in [2.45, 2.75) is 5.16 Å². The minimum atomic E-state index is -0.149. The first-order chi connectivity index (χ1) is 12.3. The van der Waals surface area contributed by atoms with Crippen molar-refractivity contribution in [3.8, 4) is 17.1 Å². The molecule has 0 saturated carbocycles. The van der Waals surface area contributed by atoms with E-state index < -0.39 is 0 Å². The van der Waals surface area contributed by atoms with Gasteiger partial charge in [0.05, 0.1) is 0 Å². The highest BCUT2D eigenvalue weighted by Crippen LogP contribution is 2.18. The molecular formula is C18H18N4O2S. The maximum Gasteiger partial charge on any atom is 0.257 e. The van der Waals surface area contributed by atoms with Crippen molar-refractivity contribution in [3.63, 3.8) is 0 Å². The molecule has 0 atom stereocenters. The summed E-state index contributed by atoms with van der Waals surface area (Å²) in [6.45, 7) is 0.532. The molecule has 0 bridgehead atoms. The fourth-order valence-corrected chi connectivity index (χ4v) is 2.74. The van der Waals surface area contributed by atoms with Crippen molar-refractivity contribution in [2.75, 3.05) is 18.9 Å². The van der Waals surface area contributed by atoms with E-state index in [1.165, 1.54) is 11.8 Å². The molecule has 6 nitrogen and oxygen atoms in total. The molecular weight excluding hydrogens is 336 g/mol. The van der Waals surface area contributed by atoms with Crippen molar-refractivity contribution in [1.82, 2.24) is 20.5 Å². The first kappa shape index (κ1) is 17.0. The van der Waals surface area contributed by atoms with Crippen LogP contribution in [0.15, 0.2) is 65.8 Å². The number of thioether (sulfide) groups is 1. The molecule has 3 aromatic rings. The predicted octanol–water partition coefficient (Wildman–Crippen LogP) is 2.76. The van der Waals surface area contributed by atoms with E-state index in [1.54, 1.807) is 0 Å². The average Bonchev–Trinajstić information content (AvgIpc) is 3.14. The van der Waals surface area contributed by atoms with E-state index in [9.17, 15) is 4.79 Å². The summed E-state index contributed by atoms with van der Waals surface area (Å²) in [6, 6.07) is 19.1. The van der Waals surface area contributed by atoms with Crippen molar-refractivity contribution in [3.05, 3.63) is 60.7 Å². The first-order valence-electron chi connectivity index (χ1n) is 7.86.